The van der Waals surface area contributed by atoms with Crippen molar-refractivity contribution in [3.8, 4) is 0 Å². The van der Waals surface area contributed by atoms with E-state index >= 15 is 0 Å². The quantitative estimate of drug-likeness (QED) is 0.475. The average molecular weight is 377 g/mol. The molecular formula is C23H23NO4. The van der Waals surface area contributed by atoms with E-state index in [0.29, 0.717) is 0 Å². The van der Waals surface area contributed by atoms with Crippen LogP contribution in [0.1, 0.15) is 36.8 Å². The summed E-state index contributed by atoms with van der Waals surface area (Å²) in [6, 6.07) is 18.3. The Bertz CT molecular complexity index is 854. The highest BCUT2D eigenvalue weighted by molar-refractivity contribution is 6.22. The van der Waals surface area contributed by atoms with E-state index < -0.39 is 12.0 Å². The van der Waals surface area contributed by atoms with Crippen LogP contribution in [0, 0.1) is 0 Å². The van der Waals surface area contributed by atoms with Gasteiger partial charge in [-0.3, -0.25) is 9.59 Å². The highest BCUT2D eigenvalue weighted by atomic mass is 16.5. The molecule has 1 aliphatic carbocycles. The van der Waals surface area contributed by atoms with Crippen molar-refractivity contribution < 1.29 is 19.1 Å². The molecule has 1 atom stereocenters. The maximum Gasteiger partial charge on any atom is 0.328 e. The SMILES string of the molecule is CC(NC=C1C(=O)CC(c2ccccc2)CC1=O)C(=O)OCc1ccccc1. The molecule has 0 saturated heterocycles. The Morgan fingerprint density at radius 1 is 1.04 bits per heavy atom. The molecule has 1 saturated carbocycles. The Hall–Kier alpha value is -3.21. The molecule has 1 unspecified atom stereocenters. The monoisotopic (exact) mass is 377 g/mol. The van der Waals surface area contributed by atoms with Crippen molar-refractivity contribution in [2.24, 2.45) is 0 Å². The van der Waals surface area contributed by atoms with Crippen LogP contribution in [0.4, 0.5) is 0 Å². The van der Waals surface area contributed by atoms with Gasteiger partial charge in [0, 0.05) is 19.0 Å². The van der Waals surface area contributed by atoms with Gasteiger partial charge in [-0.15, -0.1) is 0 Å². The van der Waals surface area contributed by atoms with Gasteiger partial charge in [0.1, 0.15) is 12.6 Å². The van der Waals surface area contributed by atoms with E-state index in [0.717, 1.165) is 11.1 Å². The van der Waals surface area contributed by atoms with E-state index in [1.807, 2.05) is 60.7 Å². The first-order valence-corrected chi connectivity index (χ1v) is 9.32. The van der Waals surface area contributed by atoms with Gasteiger partial charge in [-0.1, -0.05) is 60.7 Å². The van der Waals surface area contributed by atoms with Crippen molar-refractivity contribution in [3.63, 3.8) is 0 Å². The Kier molecular flexibility index (Phi) is 6.37. The van der Waals surface area contributed by atoms with Gasteiger partial charge >= 0.3 is 5.97 Å². The molecule has 1 N–H and O–H groups in total. The van der Waals surface area contributed by atoms with Crippen molar-refractivity contribution in [2.45, 2.75) is 38.3 Å². The molecule has 28 heavy (non-hydrogen) atoms. The van der Waals surface area contributed by atoms with Gasteiger partial charge in [0.15, 0.2) is 11.6 Å². The summed E-state index contributed by atoms with van der Waals surface area (Å²) in [5.74, 6) is -0.949. The molecule has 1 fully saturated rings. The van der Waals surface area contributed by atoms with Crippen LogP contribution in [0.2, 0.25) is 0 Å². The molecule has 5 heteroatoms. The summed E-state index contributed by atoms with van der Waals surface area (Å²) in [7, 11) is 0. The van der Waals surface area contributed by atoms with E-state index in [-0.39, 0.29) is 42.5 Å². The van der Waals surface area contributed by atoms with Crippen molar-refractivity contribution in [1.29, 1.82) is 0 Å². The van der Waals surface area contributed by atoms with Crippen LogP contribution in [-0.4, -0.2) is 23.6 Å². The maximum atomic E-state index is 12.4. The molecule has 3 rings (SSSR count). The summed E-state index contributed by atoms with van der Waals surface area (Å²) < 4.78 is 5.26. The van der Waals surface area contributed by atoms with Crippen LogP contribution in [0.15, 0.2) is 72.4 Å². The largest absolute Gasteiger partial charge is 0.459 e. The van der Waals surface area contributed by atoms with Gasteiger partial charge in [-0.05, 0) is 24.0 Å². The Balaban J connectivity index is 1.55. The predicted molar refractivity (Wildman–Crippen MR) is 105 cm³/mol. The molecule has 144 valence electrons. The second-order valence-corrected chi connectivity index (χ2v) is 6.90. The lowest BCUT2D eigenvalue weighted by molar-refractivity contribution is -0.146. The van der Waals surface area contributed by atoms with Gasteiger partial charge in [0.2, 0.25) is 0 Å². The van der Waals surface area contributed by atoms with E-state index in [2.05, 4.69) is 5.32 Å². The highest BCUT2D eigenvalue weighted by Gasteiger charge is 2.31. The van der Waals surface area contributed by atoms with E-state index in [4.69, 9.17) is 4.74 Å². The zero-order valence-corrected chi connectivity index (χ0v) is 15.8. The smallest absolute Gasteiger partial charge is 0.328 e. The van der Waals surface area contributed by atoms with Crippen molar-refractivity contribution in [2.75, 3.05) is 0 Å². The first-order valence-electron chi connectivity index (χ1n) is 9.32. The minimum Gasteiger partial charge on any atom is -0.459 e. The third-order valence-corrected chi connectivity index (χ3v) is 4.79. The van der Waals surface area contributed by atoms with Crippen molar-refractivity contribution >= 4 is 17.5 Å². The Labute approximate surface area is 164 Å². The number of carbonyl (C=O) groups excluding carboxylic acids is 3. The number of rotatable bonds is 6. The van der Waals surface area contributed by atoms with Crippen molar-refractivity contribution in [1.82, 2.24) is 5.32 Å². The lowest BCUT2D eigenvalue weighted by Crippen LogP contribution is -2.34. The summed E-state index contributed by atoms with van der Waals surface area (Å²) in [5, 5.41) is 2.83. The third-order valence-electron chi connectivity index (χ3n) is 4.79. The van der Waals surface area contributed by atoms with E-state index in [1.165, 1.54) is 6.20 Å². The number of hydrogen-bond donors (Lipinski definition) is 1. The second kappa shape index (κ2) is 9.13. The molecule has 0 radical (unpaired) electrons. The van der Waals surface area contributed by atoms with Crippen LogP contribution in [0.5, 0.6) is 0 Å². The lowest BCUT2D eigenvalue weighted by Gasteiger charge is -2.22. The van der Waals surface area contributed by atoms with Crippen LogP contribution < -0.4 is 5.32 Å². The van der Waals surface area contributed by atoms with Gasteiger partial charge in [0.25, 0.3) is 0 Å². The number of ketones is 2. The van der Waals surface area contributed by atoms with E-state index in [1.54, 1.807) is 6.92 Å². The number of nitrogens with one attached hydrogen (secondary N) is 1. The fraction of sp³-hybridized carbons (Fsp3) is 0.261. The predicted octanol–water partition coefficient (Wildman–Crippen LogP) is 3.31. The molecule has 1 aliphatic rings. The fourth-order valence-electron chi connectivity index (χ4n) is 3.15. The second-order valence-electron chi connectivity index (χ2n) is 6.90. The molecule has 2 aromatic rings. The maximum absolute atomic E-state index is 12.4. The minimum atomic E-state index is -0.663. The molecular weight excluding hydrogens is 354 g/mol. The highest BCUT2D eigenvalue weighted by Crippen LogP contribution is 2.31. The van der Waals surface area contributed by atoms with Crippen LogP contribution in [0.3, 0.4) is 0 Å². The number of hydrogen-bond acceptors (Lipinski definition) is 5. The molecule has 0 bridgehead atoms. The molecule has 0 aliphatic heterocycles. The first kappa shape index (κ1) is 19.5. The Morgan fingerprint density at radius 3 is 2.21 bits per heavy atom. The summed E-state index contributed by atoms with van der Waals surface area (Å²) in [6.07, 6.45) is 1.94. The van der Waals surface area contributed by atoms with Crippen molar-refractivity contribution in [3.05, 3.63) is 83.6 Å². The van der Waals surface area contributed by atoms with Crippen LogP contribution >= 0.6 is 0 Å². The van der Waals surface area contributed by atoms with E-state index in [9.17, 15) is 14.4 Å². The summed E-state index contributed by atoms with van der Waals surface area (Å²) >= 11 is 0. The summed E-state index contributed by atoms with van der Waals surface area (Å²) in [5.41, 5.74) is 2.01. The zero-order chi connectivity index (χ0) is 19.9. The molecule has 0 spiro atoms. The number of carbonyl (C=O) groups is 3. The lowest BCUT2D eigenvalue weighted by atomic mass is 9.80. The van der Waals surface area contributed by atoms with Gasteiger partial charge in [-0.25, -0.2) is 4.79 Å². The van der Waals surface area contributed by atoms with Gasteiger partial charge in [0.05, 0.1) is 5.57 Å². The number of benzene rings is 2. The first-order chi connectivity index (χ1) is 13.5. The molecule has 0 heterocycles. The third kappa shape index (κ3) is 4.94. The van der Waals surface area contributed by atoms with Gasteiger partial charge < -0.3 is 10.1 Å². The van der Waals surface area contributed by atoms with Gasteiger partial charge in [-0.2, -0.15) is 0 Å². The minimum absolute atomic E-state index is 0.0911. The van der Waals surface area contributed by atoms with Crippen LogP contribution in [0.25, 0.3) is 0 Å². The zero-order valence-electron chi connectivity index (χ0n) is 15.8. The standard InChI is InChI=1S/C23H23NO4/c1-16(23(27)28-15-17-8-4-2-5-9-17)24-14-20-21(25)12-19(13-22(20)26)18-10-6-3-7-11-18/h2-11,14,16,19,24H,12-13,15H2,1H3. The van der Waals surface area contributed by atoms with Crippen LogP contribution in [-0.2, 0) is 25.7 Å². The normalized spacial score (nSPS) is 17.8. The summed E-state index contributed by atoms with van der Waals surface area (Å²) in [4.78, 5) is 37.0. The summed E-state index contributed by atoms with van der Waals surface area (Å²) in [6.45, 7) is 1.81. The number of allylic oxidation sites excluding steroid dienone is 1. The average Bonchev–Trinajstić information content (AvgIpc) is 2.72. The number of ether oxygens (including phenoxy) is 1. The number of Topliss-reactive ketones (excluding diaryl/α,β-unsaturated/α-hetero) is 2. The fourth-order valence-corrected chi connectivity index (χ4v) is 3.15. The topological polar surface area (TPSA) is 72.5 Å². The molecule has 2 aromatic carbocycles. The molecule has 0 amide bonds. The molecule has 5 nitrogen and oxygen atoms in total. The number of esters is 1. The molecule has 0 aromatic heterocycles. The Morgan fingerprint density at radius 2 is 1.61 bits per heavy atom.